The number of phenolic OH excluding ortho intramolecular Hbond substituents is 1. The average molecular weight is 334 g/mol. The van der Waals surface area contributed by atoms with Crippen molar-refractivity contribution >= 4 is 23.4 Å². The van der Waals surface area contributed by atoms with E-state index in [4.69, 9.17) is 9.31 Å². The van der Waals surface area contributed by atoms with E-state index in [1.807, 2.05) is 27.7 Å². The van der Waals surface area contributed by atoms with Crippen LogP contribution in [0.1, 0.15) is 40.2 Å². The molecule has 2 aromatic rings. The molecule has 3 rings (SSSR count). The zero-order valence-electron chi connectivity index (χ0n) is 14.5. The quantitative estimate of drug-likeness (QED) is 0.852. The van der Waals surface area contributed by atoms with E-state index in [9.17, 15) is 13.9 Å². The highest BCUT2D eigenvalue weighted by Gasteiger charge is 2.52. The van der Waals surface area contributed by atoms with Crippen molar-refractivity contribution in [1.29, 1.82) is 0 Å². The molecule has 1 saturated heterocycles. The highest BCUT2D eigenvalue weighted by molar-refractivity contribution is 6.65. The van der Waals surface area contributed by atoms with Gasteiger partial charge in [0, 0.05) is 5.39 Å². The van der Waals surface area contributed by atoms with Gasteiger partial charge in [0.25, 0.3) is 0 Å². The Hall–Kier alpha value is -1.66. The van der Waals surface area contributed by atoms with Crippen LogP contribution in [0.2, 0.25) is 0 Å². The van der Waals surface area contributed by atoms with E-state index in [0.29, 0.717) is 22.8 Å². The van der Waals surface area contributed by atoms with Crippen molar-refractivity contribution in [2.75, 3.05) is 0 Å². The maximum Gasteiger partial charge on any atom is 0.495 e. The van der Waals surface area contributed by atoms with Crippen LogP contribution in [0.25, 0.3) is 10.8 Å². The van der Waals surface area contributed by atoms with Gasteiger partial charge in [0.05, 0.1) is 11.2 Å². The molecule has 0 spiro atoms. The van der Waals surface area contributed by atoms with Crippen LogP contribution in [0.15, 0.2) is 18.2 Å². The Morgan fingerprint density at radius 1 is 1.08 bits per heavy atom. The standard InChI is InChI=1S/C18H21BF2O3/c1-6-10-13(20)8-7-11-15(10)12(9-14(22)16(11)21)19-23-17(2,3)18(4,5)24-19/h7-9,22H,6H2,1-5H3. The summed E-state index contributed by atoms with van der Waals surface area (Å²) in [6.45, 7) is 9.41. The molecule has 0 aliphatic carbocycles. The Morgan fingerprint density at radius 2 is 1.67 bits per heavy atom. The second kappa shape index (κ2) is 5.43. The third-order valence-electron chi connectivity index (χ3n) is 5.16. The van der Waals surface area contributed by atoms with Crippen LogP contribution in [0.4, 0.5) is 8.78 Å². The Labute approximate surface area is 140 Å². The molecule has 0 atom stereocenters. The Morgan fingerprint density at radius 3 is 2.21 bits per heavy atom. The van der Waals surface area contributed by atoms with Crippen molar-refractivity contribution in [2.24, 2.45) is 0 Å². The van der Waals surface area contributed by atoms with Gasteiger partial charge in [-0.1, -0.05) is 6.92 Å². The second-order valence-corrected chi connectivity index (χ2v) is 7.19. The van der Waals surface area contributed by atoms with Crippen molar-refractivity contribution in [2.45, 2.75) is 52.2 Å². The minimum absolute atomic E-state index is 0.165. The lowest BCUT2D eigenvalue weighted by molar-refractivity contribution is 0.00578. The summed E-state index contributed by atoms with van der Waals surface area (Å²) in [5.41, 5.74) is -0.350. The predicted octanol–water partition coefficient (Wildman–Crippen LogP) is 3.69. The number of benzene rings is 2. The first-order valence-corrected chi connectivity index (χ1v) is 8.07. The lowest BCUT2D eigenvalue weighted by atomic mass is 9.74. The molecule has 24 heavy (non-hydrogen) atoms. The van der Waals surface area contributed by atoms with Crippen LogP contribution in [-0.4, -0.2) is 23.4 Å². The summed E-state index contributed by atoms with van der Waals surface area (Å²) >= 11 is 0. The van der Waals surface area contributed by atoms with Gasteiger partial charge in [-0.3, -0.25) is 0 Å². The Kier molecular flexibility index (Phi) is 3.88. The normalized spacial score (nSPS) is 19.2. The third-order valence-corrected chi connectivity index (χ3v) is 5.16. The second-order valence-electron chi connectivity index (χ2n) is 7.19. The molecule has 0 bridgehead atoms. The van der Waals surface area contributed by atoms with Crippen LogP contribution < -0.4 is 5.46 Å². The van der Waals surface area contributed by atoms with Gasteiger partial charge < -0.3 is 14.4 Å². The fourth-order valence-corrected chi connectivity index (χ4v) is 3.06. The summed E-state index contributed by atoms with van der Waals surface area (Å²) in [4.78, 5) is 0. The van der Waals surface area contributed by atoms with Crippen LogP contribution in [-0.2, 0) is 15.7 Å². The van der Waals surface area contributed by atoms with Crippen molar-refractivity contribution in [1.82, 2.24) is 0 Å². The van der Waals surface area contributed by atoms with E-state index in [1.54, 1.807) is 6.92 Å². The van der Waals surface area contributed by atoms with E-state index in [0.717, 1.165) is 0 Å². The van der Waals surface area contributed by atoms with Crippen molar-refractivity contribution in [3.8, 4) is 5.75 Å². The number of rotatable bonds is 2. The molecular formula is C18H21BF2O3. The zero-order valence-corrected chi connectivity index (χ0v) is 14.5. The third kappa shape index (κ3) is 2.40. The monoisotopic (exact) mass is 334 g/mol. The topological polar surface area (TPSA) is 38.7 Å². The molecule has 1 heterocycles. The molecule has 1 fully saturated rings. The lowest BCUT2D eigenvalue weighted by Gasteiger charge is -2.32. The van der Waals surface area contributed by atoms with Crippen LogP contribution in [0.5, 0.6) is 5.75 Å². The molecule has 0 radical (unpaired) electrons. The van der Waals surface area contributed by atoms with Crippen molar-refractivity contribution in [3.05, 3.63) is 35.4 Å². The van der Waals surface area contributed by atoms with E-state index < -0.39 is 35.7 Å². The lowest BCUT2D eigenvalue weighted by Crippen LogP contribution is -2.41. The molecule has 1 aliphatic heterocycles. The van der Waals surface area contributed by atoms with Gasteiger partial charge >= 0.3 is 7.12 Å². The van der Waals surface area contributed by atoms with Gasteiger partial charge in [-0.05, 0) is 68.7 Å². The highest BCUT2D eigenvalue weighted by Crippen LogP contribution is 2.38. The van der Waals surface area contributed by atoms with E-state index in [1.165, 1.54) is 18.2 Å². The van der Waals surface area contributed by atoms with E-state index in [2.05, 4.69) is 0 Å². The first-order chi connectivity index (χ1) is 11.1. The summed E-state index contributed by atoms with van der Waals surface area (Å²) in [5.74, 6) is -1.67. The molecule has 1 aliphatic rings. The smallest absolute Gasteiger partial charge is 0.495 e. The minimum atomic E-state index is -0.809. The summed E-state index contributed by atoms with van der Waals surface area (Å²) in [6, 6.07) is 3.84. The molecule has 2 aromatic carbocycles. The summed E-state index contributed by atoms with van der Waals surface area (Å²) in [5, 5.41) is 10.5. The van der Waals surface area contributed by atoms with Gasteiger partial charge in [0.15, 0.2) is 11.6 Å². The summed E-state index contributed by atoms with van der Waals surface area (Å²) in [7, 11) is -0.809. The first-order valence-electron chi connectivity index (χ1n) is 8.07. The number of fused-ring (bicyclic) bond motifs is 1. The van der Waals surface area contributed by atoms with Gasteiger partial charge in [0.2, 0.25) is 0 Å². The van der Waals surface area contributed by atoms with Gasteiger partial charge in [-0.2, -0.15) is 0 Å². The molecular weight excluding hydrogens is 313 g/mol. The summed E-state index contributed by atoms with van der Waals surface area (Å²) in [6.07, 6.45) is 0.389. The highest BCUT2D eigenvalue weighted by atomic mass is 19.1. The largest absolute Gasteiger partial charge is 0.505 e. The van der Waals surface area contributed by atoms with E-state index in [-0.39, 0.29) is 5.39 Å². The average Bonchev–Trinajstić information content (AvgIpc) is 2.71. The van der Waals surface area contributed by atoms with Crippen LogP contribution in [0.3, 0.4) is 0 Å². The number of hydrogen-bond donors (Lipinski definition) is 1. The molecule has 3 nitrogen and oxygen atoms in total. The number of hydrogen-bond acceptors (Lipinski definition) is 3. The molecule has 128 valence electrons. The first kappa shape index (κ1) is 17.2. The molecule has 1 N–H and O–H groups in total. The molecule has 0 unspecified atom stereocenters. The fourth-order valence-electron chi connectivity index (χ4n) is 3.06. The van der Waals surface area contributed by atoms with Crippen LogP contribution in [0, 0.1) is 11.6 Å². The van der Waals surface area contributed by atoms with Crippen molar-refractivity contribution in [3.63, 3.8) is 0 Å². The minimum Gasteiger partial charge on any atom is -0.505 e. The fraction of sp³-hybridized carbons (Fsp3) is 0.444. The number of phenols is 1. The Bertz CT molecular complexity index is 802. The van der Waals surface area contributed by atoms with Crippen LogP contribution >= 0.6 is 0 Å². The Balaban J connectivity index is 2.29. The molecule has 6 heteroatoms. The molecule has 0 aromatic heterocycles. The zero-order chi connectivity index (χ0) is 17.9. The van der Waals surface area contributed by atoms with Gasteiger partial charge in [0.1, 0.15) is 5.82 Å². The maximum atomic E-state index is 14.4. The number of aryl methyl sites for hydroxylation is 1. The maximum absolute atomic E-state index is 14.4. The molecule has 0 amide bonds. The predicted molar refractivity (Wildman–Crippen MR) is 90.6 cm³/mol. The number of halogens is 2. The number of aromatic hydroxyl groups is 1. The van der Waals surface area contributed by atoms with Gasteiger partial charge in [-0.25, -0.2) is 8.78 Å². The summed E-state index contributed by atoms with van der Waals surface area (Å²) < 4.78 is 40.6. The SMILES string of the molecule is CCc1c(F)ccc2c(F)c(O)cc(B3OC(C)(C)C(C)(C)O3)c12. The van der Waals surface area contributed by atoms with E-state index >= 15 is 0 Å². The van der Waals surface area contributed by atoms with Crippen molar-refractivity contribution < 1.29 is 23.2 Å². The molecule has 0 saturated carbocycles. The van der Waals surface area contributed by atoms with Gasteiger partial charge in [-0.15, -0.1) is 0 Å².